The van der Waals surface area contributed by atoms with Gasteiger partial charge in [0.1, 0.15) is 5.75 Å². The zero-order valence-electron chi connectivity index (χ0n) is 15.7. The Labute approximate surface area is 162 Å². The number of anilines is 2. The summed E-state index contributed by atoms with van der Waals surface area (Å²) in [6, 6.07) is 17.4. The number of benzene rings is 2. The fourth-order valence-corrected chi connectivity index (χ4v) is 3.09. The Morgan fingerprint density at radius 3 is 2.46 bits per heavy atom. The minimum absolute atomic E-state index is 0.239. The predicted molar refractivity (Wildman–Crippen MR) is 111 cm³/mol. The van der Waals surface area contributed by atoms with Crippen molar-refractivity contribution >= 4 is 22.7 Å². The molecule has 2 aromatic carbocycles. The van der Waals surface area contributed by atoms with E-state index in [9.17, 15) is 4.79 Å². The third-order valence-corrected chi connectivity index (χ3v) is 4.63. The second kappa shape index (κ2) is 7.52. The lowest BCUT2D eigenvalue weighted by molar-refractivity contribution is 0.415. The van der Waals surface area contributed by atoms with Gasteiger partial charge in [0.25, 0.3) is 5.56 Å². The number of methoxy groups -OCH3 is 1. The number of H-pyrrole nitrogens is 1. The van der Waals surface area contributed by atoms with Crippen molar-refractivity contribution in [2.24, 2.45) is 0 Å². The van der Waals surface area contributed by atoms with Crippen molar-refractivity contribution in [2.75, 3.05) is 12.4 Å². The molecule has 4 rings (SSSR count). The van der Waals surface area contributed by atoms with Gasteiger partial charge in [-0.2, -0.15) is 4.98 Å². The summed E-state index contributed by atoms with van der Waals surface area (Å²) >= 11 is 0. The highest BCUT2D eigenvalue weighted by Gasteiger charge is 2.12. The number of hydrogen-bond acceptors (Lipinski definition) is 5. The molecule has 6 heteroatoms. The first-order chi connectivity index (χ1) is 13.7. The number of fused-ring (bicyclic) bond motifs is 1. The Bertz CT molecular complexity index is 1170. The highest BCUT2D eigenvalue weighted by molar-refractivity contribution is 5.92. The zero-order valence-corrected chi connectivity index (χ0v) is 15.7. The molecule has 0 bridgehead atoms. The molecule has 0 aliphatic heterocycles. The normalized spacial score (nSPS) is 10.8. The fraction of sp³-hybridized carbons (Fsp3) is 0.136. The van der Waals surface area contributed by atoms with Crippen molar-refractivity contribution in [1.29, 1.82) is 0 Å². The van der Waals surface area contributed by atoms with Crippen LogP contribution in [0.4, 0.5) is 11.6 Å². The van der Waals surface area contributed by atoms with Gasteiger partial charge in [0.05, 0.1) is 12.5 Å². The second-order valence-electron chi connectivity index (χ2n) is 6.38. The van der Waals surface area contributed by atoms with Crippen molar-refractivity contribution in [1.82, 2.24) is 15.0 Å². The highest BCUT2D eigenvalue weighted by atomic mass is 16.5. The predicted octanol–water partition coefficient (Wildman–Crippen LogP) is 4.30. The van der Waals surface area contributed by atoms with E-state index in [0.29, 0.717) is 17.0 Å². The molecule has 0 amide bonds. The largest absolute Gasteiger partial charge is 0.497 e. The number of hydrogen-bond donors (Lipinski definition) is 2. The molecule has 140 valence electrons. The van der Waals surface area contributed by atoms with E-state index < -0.39 is 0 Å². The van der Waals surface area contributed by atoms with Gasteiger partial charge in [-0.25, -0.2) is 4.98 Å². The van der Waals surface area contributed by atoms with E-state index in [1.54, 1.807) is 13.3 Å². The molecule has 2 N–H and O–H groups in total. The van der Waals surface area contributed by atoms with Crippen LogP contribution in [0.3, 0.4) is 0 Å². The molecule has 2 aromatic heterocycles. The summed E-state index contributed by atoms with van der Waals surface area (Å²) in [6.07, 6.45) is 2.64. The van der Waals surface area contributed by atoms with Crippen LogP contribution in [0.2, 0.25) is 0 Å². The molecule has 0 aliphatic rings. The van der Waals surface area contributed by atoms with Crippen LogP contribution in [0, 0.1) is 0 Å². The molecule has 6 nitrogen and oxygen atoms in total. The molecule has 0 spiro atoms. The molecule has 0 aliphatic carbocycles. The molecule has 4 aromatic rings. The van der Waals surface area contributed by atoms with E-state index in [1.807, 2.05) is 54.6 Å². The Kier molecular flexibility index (Phi) is 4.76. The third kappa shape index (κ3) is 3.44. The van der Waals surface area contributed by atoms with Gasteiger partial charge in [0.2, 0.25) is 5.95 Å². The lowest BCUT2D eigenvalue weighted by Gasteiger charge is -2.09. The maximum atomic E-state index is 12.8. The molecular weight excluding hydrogens is 352 g/mol. The fourth-order valence-electron chi connectivity index (χ4n) is 3.09. The minimum atomic E-state index is -0.239. The van der Waals surface area contributed by atoms with Crippen molar-refractivity contribution in [2.45, 2.75) is 13.3 Å². The van der Waals surface area contributed by atoms with Crippen LogP contribution in [0.5, 0.6) is 5.75 Å². The van der Waals surface area contributed by atoms with Gasteiger partial charge < -0.3 is 10.1 Å². The van der Waals surface area contributed by atoms with Gasteiger partial charge >= 0.3 is 0 Å². The van der Waals surface area contributed by atoms with Crippen molar-refractivity contribution < 1.29 is 4.74 Å². The summed E-state index contributed by atoms with van der Waals surface area (Å²) in [6.45, 7) is 2.11. The Morgan fingerprint density at radius 1 is 1.04 bits per heavy atom. The average Bonchev–Trinajstić information content (AvgIpc) is 2.74. The average molecular weight is 372 g/mol. The molecule has 28 heavy (non-hydrogen) atoms. The Hall–Kier alpha value is -3.67. The number of nitrogens with one attached hydrogen (secondary N) is 2. The topological polar surface area (TPSA) is 79.9 Å². The van der Waals surface area contributed by atoms with Crippen molar-refractivity contribution in [3.8, 4) is 16.9 Å². The van der Waals surface area contributed by atoms with E-state index in [4.69, 9.17) is 4.74 Å². The summed E-state index contributed by atoms with van der Waals surface area (Å²) in [5, 5.41) is 3.60. The smallest absolute Gasteiger partial charge is 0.262 e. The summed E-state index contributed by atoms with van der Waals surface area (Å²) in [7, 11) is 1.62. The summed E-state index contributed by atoms with van der Waals surface area (Å²) in [4.78, 5) is 24.4. The van der Waals surface area contributed by atoms with Gasteiger partial charge in [0, 0.05) is 11.9 Å². The van der Waals surface area contributed by atoms with E-state index in [0.717, 1.165) is 29.0 Å². The lowest BCUT2D eigenvalue weighted by atomic mass is 10.0. The molecule has 0 saturated carbocycles. The third-order valence-electron chi connectivity index (χ3n) is 4.63. The SMILES string of the molecule is CCc1ccc(Nc2nc3nccc(-c4ccc(OC)cc4)c3c(=O)[nH]2)cc1. The first-order valence-corrected chi connectivity index (χ1v) is 9.07. The van der Waals surface area contributed by atoms with Crippen LogP contribution < -0.4 is 15.6 Å². The number of pyridine rings is 1. The van der Waals surface area contributed by atoms with Crippen LogP contribution in [0.25, 0.3) is 22.2 Å². The Balaban J connectivity index is 1.73. The number of rotatable bonds is 5. The maximum absolute atomic E-state index is 12.8. The molecule has 0 atom stereocenters. The van der Waals surface area contributed by atoms with Crippen LogP contribution in [-0.4, -0.2) is 22.1 Å². The monoisotopic (exact) mass is 372 g/mol. The molecule has 0 fully saturated rings. The van der Waals surface area contributed by atoms with Crippen LogP contribution in [-0.2, 0) is 6.42 Å². The number of nitrogens with zero attached hydrogens (tertiary/aromatic N) is 2. The maximum Gasteiger partial charge on any atom is 0.262 e. The number of aromatic amines is 1. The van der Waals surface area contributed by atoms with Crippen LogP contribution in [0.1, 0.15) is 12.5 Å². The van der Waals surface area contributed by atoms with E-state index >= 15 is 0 Å². The Morgan fingerprint density at radius 2 is 1.79 bits per heavy atom. The zero-order chi connectivity index (χ0) is 19.5. The van der Waals surface area contributed by atoms with Crippen molar-refractivity contribution in [3.63, 3.8) is 0 Å². The van der Waals surface area contributed by atoms with Gasteiger partial charge in [0.15, 0.2) is 5.65 Å². The molecule has 0 unspecified atom stereocenters. The van der Waals surface area contributed by atoms with Gasteiger partial charge in [-0.1, -0.05) is 31.2 Å². The van der Waals surface area contributed by atoms with Crippen molar-refractivity contribution in [3.05, 3.63) is 76.7 Å². The first-order valence-electron chi connectivity index (χ1n) is 9.07. The van der Waals surface area contributed by atoms with E-state index in [2.05, 4.69) is 27.2 Å². The molecule has 2 heterocycles. The number of ether oxygens (including phenoxy) is 1. The van der Waals surface area contributed by atoms with Crippen LogP contribution in [0.15, 0.2) is 65.6 Å². The number of aromatic nitrogens is 3. The van der Waals surface area contributed by atoms with Crippen LogP contribution >= 0.6 is 0 Å². The second-order valence-corrected chi connectivity index (χ2v) is 6.38. The summed E-state index contributed by atoms with van der Waals surface area (Å²) in [5.74, 6) is 1.12. The lowest BCUT2D eigenvalue weighted by Crippen LogP contribution is -2.13. The number of aryl methyl sites for hydroxylation is 1. The first kappa shape index (κ1) is 17.7. The highest BCUT2D eigenvalue weighted by Crippen LogP contribution is 2.26. The molecule has 0 radical (unpaired) electrons. The molecule has 0 saturated heterocycles. The van der Waals surface area contributed by atoms with Gasteiger partial charge in [-0.3, -0.25) is 9.78 Å². The molecular formula is C22H20N4O2. The summed E-state index contributed by atoms with van der Waals surface area (Å²) in [5.41, 5.74) is 3.93. The standard InChI is InChI=1S/C22H20N4O2/c1-3-14-4-8-16(9-5-14)24-22-25-20-19(21(27)26-22)18(12-13-23-20)15-6-10-17(28-2)11-7-15/h4-13H,3H2,1-2H3,(H2,23,24,25,26,27). The van der Waals surface area contributed by atoms with Gasteiger partial charge in [-0.05, 0) is 53.4 Å². The minimum Gasteiger partial charge on any atom is -0.497 e. The van der Waals surface area contributed by atoms with E-state index in [-0.39, 0.29) is 5.56 Å². The summed E-state index contributed by atoms with van der Waals surface area (Å²) < 4.78 is 5.20. The van der Waals surface area contributed by atoms with Gasteiger partial charge in [-0.15, -0.1) is 0 Å². The quantitative estimate of drug-likeness (QED) is 0.546. The van der Waals surface area contributed by atoms with E-state index in [1.165, 1.54) is 5.56 Å².